The predicted octanol–water partition coefficient (Wildman–Crippen LogP) is 5.90. The van der Waals surface area contributed by atoms with Crippen molar-refractivity contribution in [3.63, 3.8) is 0 Å². The summed E-state index contributed by atoms with van der Waals surface area (Å²) in [6.07, 6.45) is 5.03. The molecule has 2 heterocycles. The number of aromatic nitrogens is 1. The third-order valence-corrected chi connectivity index (χ3v) is 5.86. The molecule has 6 nitrogen and oxygen atoms in total. The number of carbonyl (C=O) groups excluding carboxylic acids is 1. The minimum absolute atomic E-state index is 0.0249. The Kier molecular flexibility index (Phi) is 8.03. The normalized spacial score (nSPS) is 15.4. The number of pyridine rings is 1. The molecule has 1 atom stereocenters. The monoisotopic (exact) mass is 474 g/mol. The summed E-state index contributed by atoms with van der Waals surface area (Å²) in [5.41, 5.74) is 3.99. The van der Waals surface area contributed by atoms with E-state index in [0.29, 0.717) is 32.1 Å². The molecule has 2 aromatic carbocycles. The molecule has 1 saturated heterocycles. The number of carbonyl (C=O) groups is 1. The van der Waals surface area contributed by atoms with E-state index in [4.69, 9.17) is 14.2 Å². The second-order valence-electron chi connectivity index (χ2n) is 9.82. The SMILES string of the molecule is CC(C)(C)OC(=O)N1CCC1COc1cncc(-c2ccc(CCOCc3ccccc3)cc2)c1. The Morgan fingerprint density at radius 1 is 1.00 bits per heavy atom. The minimum Gasteiger partial charge on any atom is -0.490 e. The molecule has 1 aliphatic rings. The standard InChI is InChI=1S/C29H34N2O4/c1-29(2,3)35-28(32)31-15-13-26(31)21-34-27-17-25(18-30-19-27)24-11-9-22(10-12-24)14-16-33-20-23-7-5-4-6-8-23/h4-12,17-19,26H,13-16,20-21H2,1-3H3. The Morgan fingerprint density at radius 2 is 1.77 bits per heavy atom. The van der Waals surface area contributed by atoms with Crippen LogP contribution in [0.3, 0.4) is 0 Å². The highest BCUT2D eigenvalue weighted by Crippen LogP contribution is 2.26. The molecule has 1 fully saturated rings. The number of likely N-dealkylation sites (tertiary alicyclic amines) is 1. The first-order chi connectivity index (χ1) is 16.9. The number of ether oxygens (including phenoxy) is 3. The van der Waals surface area contributed by atoms with Crippen molar-refractivity contribution < 1.29 is 19.0 Å². The van der Waals surface area contributed by atoms with Gasteiger partial charge in [-0.05, 0) is 56.4 Å². The average Bonchev–Trinajstić information content (AvgIpc) is 2.81. The summed E-state index contributed by atoms with van der Waals surface area (Å²) in [5, 5.41) is 0. The van der Waals surface area contributed by atoms with Crippen molar-refractivity contribution in [1.82, 2.24) is 9.88 Å². The highest BCUT2D eigenvalue weighted by Gasteiger charge is 2.35. The first-order valence-corrected chi connectivity index (χ1v) is 12.2. The van der Waals surface area contributed by atoms with Gasteiger partial charge in [-0.25, -0.2) is 4.79 Å². The summed E-state index contributed by atoms with van der Waals surface area (Å²) >= 11 is 0. The smallest absolute Gasteiger partial charge is 0.410 e. The van der Waals surface area contributed by atoms with Crippen LogP contribution in [-0.2, 0) is 22.5 Å². The number of hydrogen-bond donors (Lipinski definition) is 0. The second-order valence-corrected chi connectivity index (χ2v) is 9.82. The zero-order chi connectivity index (χ0) is 24.7. The lowest BCUT2D eigenvalue weighted by molar-refractivity contribution is -0.0141. The molecule has 0 aliphatic carbocycles. The molecule has 3 aromatic rings. The van der Waals surface area contributed by atoms with Gasteiger partial charge < -0.3 is 19.1 Å². The fourth-order valence-corrected chi connectivity index (χ4v) is 3.84. The minimum atomic E-state index is -0.499. The molecule has 0 radical (unpaired) electrons. The van der Waals surface area contributed by atoms with E-state index in [9.17, 15) is 4.79 Å². The van der Waals surface area contributed by atoms with Crippen LogP contribution in [0.5, 0.6) is 5.75 Å². The van der Waals surface area contributed by atoms with E-state index < -0.39 is 5.60 Å². The Morgan fingerprint density at radius 3 is 2.46 bits per heavy atom. The van der Waals surface area contributed by atoms with Gasteiger partial charge in [0.1, 0.15) is 18.0 Å². The lowest BCUT2D eigenvalue weighted by atomic mass is 10.0. The van der Waals surface area contributed by atoms with Gasteiger partial charge in [0, 0.05) is 18.3 Å². The lowest BCUT2D eigenvalue weighted by Crippen LogP contribution is -2.55. The van der Waals surface area contributed by atoms with Crippen molar-refractivity contribution in [2.45, 2.75) is 51.9 Å². The van der Waals surface area contributed by atoms with E-state index in [2.05, 4.69) is 41.4 Å². The molecule has 0 spiro atoms. The van der Waals surface area contributed by atoms with E-state index in [-0.39, 0.29) is 12.1 Å². The van der Waals surface area contributed by atoms with Crippen LogP contribution < -0.4 is 4.74 Å². The molecule has 1 aliphatic heterocycles. The van der Waals surface area contributed by atoms with E-state index in [1.807, 2.05) is 51.2 Å². The molecule has 1 amide bonds. The van der Waals surface area contributed by atoms with Crippen LogP contribution in [0.1, 0.15) is 38.3 Å². The Bertz CT molecular complexity index is 1090. The van der Waals surface area contributed by atoms with Crippen LogP contribution >= 0.6 is 0 Å². The molecule has 0 saturated carbocycles. The van der Waals surface area contributed by atoms with Crippen LogP contribution in [0.2, 0.25) is 0 Å². The summed E-state index contributed by atoms with van der Waals surface area (Å²) in [7, 11) is 0. The second kappa shape index (κ2) is 11.4. The maximum Gasteiger partial charge on any atom is 0.410 e. The lowest BCUT2D eigenvalue weighted by Gasteiger charge is -2.40. The maximum absolute atomic E-state index is 12.3. The topological polar surface area (TPSA) is 60.9 Å². The molecule has 6 heteroatoms. The first kappa shape index (κ1) is 24.7. The average molecular weight is 475 g/mol. The third kappa shape index (κ3) is 7.30. The summed E-state index contributed by atoms with van der Waals surface area (Å²) in [4.78, 5) is 18.4. The molecule has 1 aromatic heterocycles. The van der Waals surface area contributed by atoms with E-state index >= 15 is 0 Å². The van der Waals surface area contributed by atoms with Crippen molar-refractivity contribution in [2.24, 2.45) is 0 Å². The fourth-order valence-electron chi connectivity index (χ4n) is 3.84. The van der Waals surface area contributed by atoms with Crippen molar-refractivity contribution in [1.29, 1.82) is 0 Å². The zero-order valence-electron chi connectivity index (χ0n) is 20.8. The van der Waals surface area contributed by atoms with E-state index in [1.54, 1.807) is 11.1 Å². The molecule has 184 valence electrons. The molecule has 1 unspecified atom stereocenters. The van der Waals surface area contributed by atoms with Crippen LogP contribution in [0.4, 0.5) is 4.79 Å². The summed E-state index contributed by atoms with van der Waals surface area (Å²) in [5.74, 6) is 0.692. The van der Waals surface area contributed by atoms with Crippen LogP contribution in [0.15, 0.2) is 73.1 Å². The van der Waals surface area contributed by atoms with Gasteiger partial charge in [-0.15, -0.1) is 0 Å². The van der Waals surface area contributed by atoms with Crippen LogP contribution in [0.25, 0.3) is 11.1 Å². The van der Waals surface area contributed by atoms with Gasteiger partial charge in [0.25, 0.3) is 0 Å². The third-order valence-electron chi connectivity index (χ3n) is 5.86. The van der Waals surface area contributed by atoms with Crippen molar-refractivity contribution in [3.05, 3.63) is 84.2 Å². The van der Waals surface area contributed by atoms with Crippen LogP contribution in [-0.4, -0.2) is 47.4 Å². The molecule has 0 N–H and O–H groups in total. The number of rotatable bonds is 9. The summed E-state index contributed by atoms with van der Waals surface area (Å²) < 4.78 is 17.3. The molecule has 35 heavy (non-hydrogen) atoms. The predicted molar refractivity (Wildman–Crippen MR) is 136 cm³/mol. The number of amides is 1. The zero-order valence-corrected chi connectivity index (χ0v) is 20.8. The largest absolute Gasteiger partial charge is 0.490 e. The number of nitrogens with zero attached hydrogens (tertiary/aromatic N) is 2. The van der Waals surface area contributed by atoms with E-state index in [0.717, 1.165) is 24.0 Å². The molecular weight excluding hydrogens is 440 g/mol. The molecule has 4 rings (SSSR count). The molecular formula is C29H34N2O4. The highest BCUT2D eigenvalue weighted by molar-refractivity contribution is 5.69. The van der Waals surface area contributed by atoms with Gasteiger partial charge in [0.2, 0.25) is 0 Å². The van der Waals surface area contributed by atoms with Gasteiger partial charge in [-0.3, -0.25) is 4.98 Å². The quantitative estimate of drug-likeness (QED) is 0.362. The van der Waals surface area contributed by atoms with Gasteiger partial charge >= 0.3 is 6.09 Å². The van der Waals surface area contributed by atoms with Crippen molar-refractivity contribution in [2.75, 3.05) is 19.8 Å². The van der Waals surface area contributed by atoms with Crippen molar-refractivity contribution >= 4 is 6.09 Å². The van der Waals surface area contributed by atoms with Gasteiger partial charge in [0.15, 0.2) is 0 Å². The Balaban J connectivity index is 1.25. The van der Waals surface area contributed by atoms with E-state index in [1.165, 1.54) is 11.1 Å². The summed E-state index contributed by atoms with van der Waals surface area (Å²) in [6.45, 7) is 8.06. The Hall–Kier alpha value is -3.38. The Labute approximate surface area is 207 Å². The van der Waals surface area contributed by atoms with Crippen molar-refractivity contribution in [3.8, 4) is 16.9 Å². The van der Waals surface area contributed by atoms with Gasteiger partial charge in [0.05, 0.1) is 25.5 Å². The van der Waals surface area contributed by atoms with Gasteiger partial charge in [-0.1, -0.05) is 54.6 Å². The van der Waals surface area contributed by atoms with Gasteiger partial charge in [-0.2, -0.15) is 0 Å². The van der Waals surface area contributed by atoms with Crippen LogP contribution in [0, 0.1) is 0 Å². The highest BCUT2D eigenvalue weighted by atomic mass is 16.6. The summed E-state index contributed by atoms with van der Waals surface area (Å²) in [6, 6.07) is 20.7. The number of benzene rings is 2. The number of hydrogen-bond acceptors (Lipinski definition) is 5. The first-order valence-electron chi connectivity index (χ1n) is 12.2. The maximum atomic E-state index is 12.3. The molecule has 0 bridgehead atoms. The fraction of sp³-hybridized carbons (Fsp3) is 0.379.